The number of carbonyl (C=O) groups excluding carboxylic acids is 1. The number of nitrogens with zero attached hydrogens (tertiary/aromatic N) is 5. The van der Waals surface area contributed by atoms with Crippen molar-refractivity contribution in [2.75, 3.05) is 33.3 Å². The summed E-state index contributed by atoms with van der Waals surface area (Å²) >= 11 is 0. The molecule has 1 aliphatic rings. The van der Waals surface area contributed by atoms with Gasteiger partial charge in [-0.2, -0.15) is 4.52 Å². The van der Waals surface area contributed by atoms with E-state index in [0.29, 0.717) is 36.1 Å². The summed E-state index contributed by atoms with van der Waals surface area (Å²) in [4.78, 5) is 14.4. The smallest absolute Gasteiger partial charge is 0.231 e. The van der Waals surface area contributed by atoms with Crippen molar-refractivity contribution in [2.45, 2.75) is 12.8 Å². The van der Waals surface area contributed by atoms with Gasteiger partial charge in [0.25, 0.3) is 0 Å². The molecule has 1 amide bonds. The zero-order valence-electron chi connectivity index (χ0n) is 16.2. The Morgan fingerprint density at radius 3 is 3.03 bits per heavy atom. The lowest BCUT2D eigenvalue weighted by Gasteiger charge is -2.28. The van der Waals surface area contributed by atoms with Crippen LogP contribution >= 0.6 is 0 Å². The van der Waals surface area contributed by atoms with Gasteiger partial charge in [0.1, 0.15) is 12.4 Å². The Morgan fingerprint density at radius 1 is 1.31 bits per heavy atom. The van der Waals surface area contributed by atoms with Crippen LogP contribution in [0.3, 0.4) is 0 Å². The maximum absolute atomic E-state index is 13.5. The third kappa shape index (κ3) is 4.51. The SMILES string of the molecule is CN1CCCC(C(=O)NCCOc2ccc3nnc(-c4cccc(F)c4)n3n2)C1. The molecule has 3 heterocycles. The number of hydrogen-bond donors (Lipinski definition) is 1. The van der Waals surface area contributed by atoms with Crippen molar-refractivity contribution in [3.05, 3.63) is 42.2 Å². The van der Waals surface area contributed by atoms with Gasteiger partial charge in [0, 0.05) is 18.2 Å². The Hall–Kier alpha value is -3.07. The number of halogens is 1. The number of amides is 1. The third-order valence-electron chi connectivity index (χ3n) is 4.97. The highest BCUT2D eigenvalue weighted by Crippen LogP contribution is 2.20. The highest BCUT2D eigenvalue weighted by molar-refractivity contribution is 5.78. The molecule has 1 unspecified atom stereocenters. The first-order valence-electron chi connectivity index (χ1n) is 9.67. The number of hydrogen-bond acceptors (Lipinski definition) is 6. The highest BCUT2D eigenvalue weighted by Gasteiger charge is 2.23. The van der Waals surface area contributed by atoms with E-state index >= 15 is 0 Å². The van der Waals surface area contributed by atoms with Crippen molar-refractivity contribution in [3.8, 4) is 17.3 Å². The second-order valence-corrected chi connectivity index (χ2v) is 7.22. The Labute approximate surface area is 167 Å². The van der Waals surface area contributed by atoms with E-state index in [1.165, 1.54) is 16.6 Å². The minimum atomic E-state index is -0.355. The van der Waals surface area contributed by atoms with E-state index in [1.807, 2.05) is 7.05 Å². The number of nitrogens with one attached hydrogen (secondary N) is 1. The van der Waals surface area contributed by atoms with Gasteiger partial charge < -0.3 is 15.0 Å². The van der Waals surface area contributed by atoms with Gasteiger partial charge in [-0.3, -0.25) is 4.79 Å². The number of likely N-dealkylation sites (tertiary alicyclic amines) is 1. The first-order chi connectivity index (χ1) is 14.1. The van der Waals surface area contributed by atoms with E-state index in [1.54, 1.807) is 24.3 Å². The third-order valence-corrected chi connectivity index (χ3v) is 4.97. The summed E-state index contributed by atoms with van der Waals surface area (Å²) in [7, 11) is 2.04. The van der Waals surface area contributed by atoms with Crippen molar-refractivity contribution in [2.24, 2.45) is 5.92 Å². The van der Waals surface area contributed by atoms with Crippen molar-refractivity contribution in [1.82, 2.24) is 30.0 Å². The number of fused-ring (bicyclic) bond motifs is 1. The zero-order valence-corrected chi connectivity index (χ0v) is 16.2. The van der Waals surface area contributed by atoms with E-state index in [4.69, 9.17) is 4.74 Å². The molecule has 0 bridgehead atoms. The van der Waals surface area contributed by atoms with Crippen LogP contribution in [0.4, 0.5) is 4.39 Å². The maximum atomic E-state index is 13.5. The van der Waals surface area contributed by atoms with Crippen LogP contribution in [0.25, 0.3) is 17.0 Å². The van der Waals surface area contributed by atoms with Gasteiger partial charge in [-0.05, 0) is 44.6 Å². The number of ether oxygens (including phenoxy) is 1. The van der Waals surface area contributed by atoms with Crippen LogP contribution in [0.15, 0.2) is 36.4 Å². The molecule has 29 heavy (non-hydrogen) atoms. The summed E-state index contributed by atoms with van der Waals surface area (Å²) in [5, 5.41) is 15.5. The molecule has 2 aromatic heterocycles. The van der Waals surface area contributed by atoms with Crippen LogP contribution in [0, 0.1) is 11.7 Å². The number of aromatic nitrogens is 4. The normalized spacial score (nSPS) is 17.4. The summed E-state index contributed by atoms with van der Waals surface area (Å²) in [5.41, 5.74) is 1.11. The molecule has 0 radical (unpaired) electrons. The Bertz CT molecular complexity index is 1010. The molecule has 9 heteroatoms. The number of benzene rings is 1. The first-order valence-corrected chi connectivity index (χ1v) is 9.67. The second kappa shape index (κ2) is 8.52. The predicted octanol–water partition coefficient (Wildman–Crippen LogP) is 1.77. The summed E-state index contributed by atoms with van der Waals surface area (Å²) in [6, 6.07) is 9.52. The van der Waals surface area contributed by atoms with E-state index in [0.717, 1.165) is 25.9 Å². The molecule has 0 aliphatic carbocycles. The fourth-order valence-electron chi connectivity index (χ4n) is 3.51. The fraction of sp³-hybridized carbons (Fsp3) is 0.400. The lowest BCUT2D eigenvalue weighted by atomic mass is 9.98. The van der Waals surface area contributed by atoms with Gasteiger partial charge in [0.15, 0.2) is 11.5 Å². The molecule has 1 saturated heterocycles. The zero-order chi connectivity index (χ0) is 20.2. The minimum Gasteiger partial charge on any atom is -0.475 e. The summed E-state index contributed by atoms with van der Waals surface area (Å²) in [5.74, 6) is 0.553. The number of carbonyl (C=O) groups is 1. The average molecular weight is 398 g/mol. The van der Waals surface area contributed by atoms with Gasteiger partial charge in [0.2, 0.25) is 11.8 Å². The van der Waals surface area contributed by atoms with Crippen LogP contribution in [0.1, 0.15) is 12.8 Å². The Morgan fingerprint density at radius 2 is 2.21 bits per heavy atom. The molecule has 3 aromatic rings. The molecule has 1 aromatic carbocycles. The van der Waals surface area contributed by atoms with Gasteiger partial charge in [-0.15, -0.1) is 15.3 Å². The summed E-state index contributed by atoms with van der Waals surface area (Å²) < 4.78 is 20.7. The van der Waals surface area contributed by atoms with Crippen molar-refractivity contribution < 1.29 is 13.9 Å². The molecule has 4 rings (SSSR count). The number of rotatable bonds is 6. The quantitative estimate of drug-likeness (QED) is 0.637. The molecule has 8 nitrogen and oxygen atoms in total. The first kappa shape index (κ1) is 19.3. The molecular formula is C20H23FN6O2. The van der Waals surface area contributed by atoms with E-state index in [-0.39, 0.29) is 17.6 Å². The van der Waals surface area contributed by atoms with Crippen molar-refractivity contribution in [3.63, 3.8) is 0 Å². The Kier molecular flexibility index (Phi) is 5.66. The standard InChI is InChI=1S/C20H23FN6O2/c1-26-10-3-5-15(13-26)20(28)22-9-11-29-18-8-7-17-23-24-19(27(17)25-18)14-4-2-6-16(21)12-14/h2,4,6-8,12,15H,3,5,9-11,13H2,1H3,(H,22,28). The van der Waals surface area contributed by atoms with Crippen LogP contribution in [-0.2, 0) is 4.79 Å². The van der Waals surface area contributed by atoms with Crippen LogP contribution in [0.2, 0.25) is 0 Å². The molecular weight excluding hydrogens is 375 g/mol. The van der Waals surface area contributed by atoms with E-state index in [2.05, 4.69) is 25.5 Å². The van der Waals surface area contributed by atoms with Gasteiger partial charge in [0.05, 0.1) is 12.5 Å². The van der Waals surface area contributed by atoms with Gasteiger partial charge >= 0.3 is 0 Å². The van der Waals surface area contributed by atoms with Crippen LogP contribution in [-0.4, -0.2) is 63.9 Å². The molecule has 0 spiro atoms. The average Bonchev–Trinajstić information content (AvgIpc) is 3.14. The molecule has 0 saturated carbocycles. The minimum absolute atomic E-state index is 0.0362. The molecule has 1 atom stereocenters. The molecule has 1 fully saturated rings. The van der Waals surface area contributed by atoms with Crippen molar-refractivity contribution >= 4 is 11.6 Å². The Balaban J connectivity index is 1.36. The van der Waals surface area contributed by atoms with Crippen LogP contribution < -0.4 is 10.1 Å². The number of piperidine rings is 1. The molecule has 1 N–H and O–H groups in total. The van der Waals surface area contributed by atoms with Gasteiger partial charge in [-0.1, -0.05) is 12.1 Å². The fourth-order valence-corrected chi connectivity index (χ4v) is 3.51. The predicted molar refractivity (Wildman–Crippen MR) is 105 cm³/mol. The lowest BCUT2D eigenvalue weighted by molar-refractivity contribution is -0.126. The van der Waals surface area contributed by atoms with E-state index < -0.39 is 0 Å². The van der Waals surface area contributed by atoms with Gasteiger partial charge in [-0.25, -0.2) is 4.39 Å². The molecule has 152 valence electrons. The summed E-state index contributed by atoms with van der Waals surface area (Å²) in [6.07, 6.45) is 1.97. The largest absolute Gasteiger partial charge is 0.475 e. The van der Waals surface area contributed by atoms with Crippen molar-refractivity contribution in [1.29, 1.82) is 0 Å². The highest BCUT2D eigenvalue weighted by atomic mass is 19.1. The second-order valence-electron chi connectivity index (χ2n) is 7.22. The van der Waals surface area contributed by atoms with E-state index in [9.17, 15) is 9.18 Å². The topological polar surface area (TPSA) is 84.7 Å². The maximum Gasteiger partial charge on any atom is 0.231 e. The van der Waals surface area contributed by atoms with Crippen LogP contribution in [0.5, 0.6) is 5.88 Å². The molecule has 1 aliphatic heterocycles. The monoisotopic (exact) mass is 398 g/mol. The lowest BCUT2D eigenvalue weighted by Crippen LogP contribution is -2.42. The summed E-state index contributed by atoms with van der Waals surface area (Å²) in [6.45, 7) is 2.53.